The van der Waals surface area contributed by atoms with Gasteiger partial charge in [0.05, 0.1) is 0 Å². The van der Waals surface area contributed by atoms with Crippen LogP contribution in [0.15, 0.2) is 23.1 Å². The Morgan fingerprint density at radius 2 is 1.94 bits per heavy atom. The fraction of sp³-hybridized carbons (Fsp3) is 0.600. The van der Waals surface area contributed by atoms with Crippen molar-refractivity contribution in [2.75, 3.05) is 5.73 Å². The summed E-state index contributed by atoms with van der Waals surface area (Å²) < 4.78 is 0. The second-order valence-corrected chi connectivity index (χ2v) is 6.89. The van der Waals surface area contributed by atoms with Crippen LogP contribution in [0.5, 0.6) is 0 Å². The lowest BCUT2D eigenvalue weighted by atomic mass is 9.81. The minimum absolute atomic E-state index is 0.755. The second kappa shape index (κ2) is 5.34. The summed E-state index contributed by atoms with van der Waals surface area (Å²) in [6, 6.07) is 6.35. The van der Waals surface area contributed by atoms with Gasteiger partial charge in [-0.3, -0.25) is 0 Å². The van der Waals surface area contributed by atoms with Gasteiger partial charge in [-0.05, 0) is 55.7 Å². The zero-order chi connectivity index (χ0) is 12.4. The van der Waals surface area contributed by atoms with E-state index in [9.17, 15) is 0 Å². The van der Waals surface area contributed by atoms with E-state index >= 15 is 0 Å². The maximum absolute atomic E-state index is 6.05. The van der Waals surface area contributed by atoms with Gasteiger partial charge >= 0.3 is 0 Å². The molecule has 2 rings (SSSR count). The van der Waals surface area contributed by atoms with Crippen LogP contribution in [0.25, 0.3) is 0 Å². The first-order valence-corrected chi connectivity index (χ1v) is 7.47. The summed E-state index contributed by atoms with van der Waals surface area (Å²) in [5.41, 5.74) is 8.29. The number of anilines is 1. The molecule has 3 atom stereocenters. The van der Waals surface area contributed by atoms with Crippen LogP contribution in [0, 0.1) is 18.8 Å². The predicted octanol–water partition coefficient (Wildman–Crippen LogP) is 4.49. The first-order chi connectivity index (χ1) is 8.06. The molecular formula is C15H23NS. The highest BCUT2D eigenvalue weighted by Gasteiger charge is 2.25. The summed E-state index contributed by atoms with van der Waals surface area (Å²) in [4.78, 5) is 1.27. The third kappa shape index (κ3) is 3.19. The van der Waals surface area contributed by atoms with Crippen molar-refractivity contribution in [3.05, 3.63) is 23.8 Å². The van der Waals surface area contributed by atoms with Crippen molar-refractivity contribution in [2.24, 2.45) is 11.8 Å². The van der Waals surface area contributed by atoms with Crippen molar-refractivity contribution in [3.8, 4) is 0 Å². The lowest BCUT2D eigenvalue weighted by Gasteiger charge is -2.31. The minimum atomic E-state index is 0.755. The van der Waals surface area contributed by atoms with Crippen molar-refractivity contribution >= 4 is 17.4 Å². The van der Waals surface area contributed by atoms with E-state index in [2.05, 4.69) is 32.9 Å². The predicted molar refractivity (Wildman–Crippen MR) is 77.4 cm³/mol. The highest BCUT2D eigenvalue weighted by molar-refractivity contribution is 8.00. The molecule has 1 aromatic carbocycles. The summed E-state index contributed by atoms with van der Waals surface area (Å²) in [6.45, 7) is 6.90. The molecule has 2 heteroatoms. The Bertz CT molecular complexity index is 389. The Kier molecular flexibility index (Phi) is 4.03. The van der Waals surface area contributed by atoms with Crippen LogP contribution < -0.4 is 5.73 Å². The van der Waals surface area contributed by atoms with Crippen molar-refractivity contribution < 1.29 is 0 Å². The maximum Gasteiger partial charge on any atom is 0.0452 e. The first-order valence-electron chi connectivity index (χ1n) is 6.59. The Labute approximate surface area is 109 Å². The van der Waals surface area contributed by atoms with Gasteiger partial charge in [0.25, 0.3) is 0 Å². The van der Waals surface area contributed by atoms with E-state index in [1.165, 1.54) is 29.7 Å². The standard InChI is InChI=1S/C15H23NS/c1-10-4-7-14(16)15(8-10)17-13-6-5-11(2)12(3)9-13/h4,7-8,11-13H,5-6,9,16H2,1-3H3. The molecule has 1 nitrogen and oxygen atoms in total. The van der Waals surface area contributed by atoms with Crippen LogP contribution in [-0.2, 0) is 0 Å². The lowest BCUT2D eigenvalue weighted by molar-refractivity contribution is 0.283. The molecule has 17 heavy (non-hydrogen) atoms. The SMILES string of the molecule is Cc1ccc(N)c(SC2CCC(C)C(C)C2)c1. The van der Waals surface area contributed by atoms with E-state index < -0.39 is 0 Å². The molecule has 0 aliphatic heterocycles. The Hall–Kier alpha value is -0.630. The normalized spacial score (nSPS) is 29.2. The molecule has 0 heterocycles. The van der Waals surface area contributed by atoms with E-state index in [1.54, 1.807) is 0 Å². The number of hydrogen-bond donors (Lipinski definition) is 1. The number of thioether (sulfide) groups is 1. The number of rotatable bonds is 2. The topological polar surface area (TPSA) is 26.0 Å². The molecule has 1 aromatic rings. The van der Waals surface area contributed by atoms with Gasteiger partial charge in [0.1, 0.15) is 0 Å². The number of aryl methyl sites for hydroxylation is 1. The smallest absolute Gasteiger partial charge is 0.0452 e. The van der Waals surface area contributed by atoms with E-state index in [-0.39, 0.29) is 0 Å². The molecule has 0 bridgehead atoms. The molecule has 0 radical (unpaired) electrons. The molecule has 1 aliphatic rings. The zero-order valence-electron chi connectivity index (χ0n) is 11.1. The molecule has 0 amide bonds. The van der Waals surface area contributed by atoms with E-state index in [4.69, 9.17) is 5.73 Å². The van der Waals surface area contributed by atoms with Gasteiger partial charge in [0.2, 0.25) is 0 Å². The van der Waals surface area contributed by atoms with Gasteiger partial charge in [-0.1, -0.05) is 19.9 Å². The molecule has 3 unspecified atom stereocenters. The van der Waals surface area contributed by atoms with Gasteiger partial charge < -0.3 is 5.73 Å². The quantitative estimate of drug-likeness (QED) is 0.781. The number of benzene rings is 1. The first kappa shape index (κ1) is 12.8. The van der Waals surface area contributed by atoms with Gasteiger partial charge in [0, 0.05) is 15.8 Å². The van der Waals surface area contributed by atoms with Crippen molar-refractivity contribution in [2.45, 2.75) is 50.2 Å². The third-order valence-corrected chi connectivity index (χ3v) is 5.38. The molecule has 0 spiro atoms. The molecule has 0 aromatic heterocycles. The van der Waals surface area contributed by atoms with E-state index in [1.807, 2.05) is 17.8 Å². The Morgan fingerprint density at radius 3 is 2.65 bits per heavy atom. The molecule has 2 N–H and O–H groups in total. The monoisotopic (exact) mass is 249 g/mol. The molecule has 0 saturated heterocycles. The van der Waals surface area contributed by atoms with Crippen molar-refractivity contribution in [1.82, 2.24) is 0 Å². The Morgan fingerprint density at radius 1 is 1.18 bits per heavy atom. The molecule has 1 aliphatic carbocycles. The molecule has 94 valence electrons. The number of hydrogen-bond acceptors (Lipinski definition) is 2. The summed E-state index contributed by atoms with van der Waals surface area (Å²) in [5.74, 6) is 1.74. The van der Waals surface area contributed by atoms with Gasteiger partial charge in [-0.15, -0.1) is 11.8 Å². The Balaban J connectivity index is 2.03. The average molecular weight is 249 g/mol. The molecule has 1 saturated carbocycles. The summed E-state index contributed by atoms with van der Waals surface area (Å²) in [5, 5.41) is 0.755. The van der Waals surface area contributed by atoms with Crippen LogP contribution in [0.2, 0.25) is 0 Å². The van der Waals surface area contributed by atoms with Crippen LogP contribution in [0.1, 0.15) is 38.7 Å². The number of nitrogens with two attached hydrogens (primary N) is 1. The highest BCUT2D eigenvalue weighted by Crippen LogP contribution is 2.40. The zero-order valence-corrected chi connectivity index (χ0v) is 11.9. The largest absolute Gasteiger partial charge is 0.398 e. The summed E-state index contributed by atoms with van der Waals surface area (Å²) in [6.07, 6.45) is 4.04. The van der Waals surface area contributed by atoms with Crippen LogP contribution in [0.4, 0.5) is 5.69 Å². The average Bonchev–Trinajstić information content (AvgIpc) is 2.29. The van der Waals surface area contributed by atoms with Crippen molar-refractivity contribution in [1.29, 1.82) is 0 Å². The minimum Gasteiger partial charge on any atom is -0.398 e. The van der Waals surface area contributed by atoms with Crippen LogP contribution in [-0.4, -0.2) is 5.25 Å². The fourth-order valence-corrected chi connectivity index (χ4v) is 4.00. The van der Waals surface area contributed by atoms with Crippen LogP contribution in [0.3, 0.4) is 0 Å². The fourth-order valence-electron chi connectivity index (χ4n) is 2.53. The van der Waals surface area contributed by atoms with Gasteiger partial charge in [0.15, 0.2) is 0 Å². The van der Waals surface area contributed by atoms with Gasteiger partial charge in [-0.25, -0.2) is 0 Å². The van der Waals surface area contributed by atoms with Crippen molar-refractivity contribution in [3.63, 3.8) is 0 Å². The second-order valence-electron chi connectivity index (χ2n) is 5.55. The van der Waals surface area contributed by atoms with E-state index in [0.29, 0.717) is 0 Å². The third-order valence-electron chi connectivity index (χ3n) is 4.01. The lowest BCUT2D eigenvalue weighted by Crippen LogP contribution is -2.22. The molecule has 1 fully saturated rings. The maximum atomic E-state index is 6.05. The van der Waals surface area contributed by atoms with Crippen LogP contribution >= 0.6 is 11.8 Å². The summed E-state index contributed by atoms with van der Waals surface area (Å²) in [7, 11) is 0. The number of nitrogen functional groups attached to an aromatic ring is 1. The van der Waals surface area contributed by atoms with Gasteiger partial charge in [-0.2, -0.15) is 0 Å². The summed E-state index contributed by atoms with van der Waals surface area (Å²) >= 11 is 1.99. The molecular weight excluding hydrogens is 226 g/mol. The highest BCUT2D eigenvalue weighted by atomic mass is 32.2. The van der Waals surface area contributed by atoms with E-state index in [0.717, 1.165) is 22.8 Å².